The Labute approximate surface area is 152 Å². The van der Waals surface area contributed by atoms with Crippen molar-refractivity contribution in [1.29, 1.82) is 0 Å². The number of anilines is 1. The Bertz CT molecular complexity index is 774. The Kier molecular flexibility index (Phi) is 5.73. The molecule has 2 aromatic carbocycles. The standard InChI is InChI=1S/C20H22N2O4/c1-25-19(23)13-26-18-10-8-16(9-11-18)21-20(24)22-17-7-6-14-4-2-3-5-15(14)12-17/h2-5,8-11,17H,6-7,12-13H2,1H3,(H2,21,22,24)/t17-/m0/s1. The third kappa shape index (κ3) is 4.75. The molecule has 2 amide bonds. The van der Waals surface area contributed by atoms with Crippen LogP contribution in [0.25, 0.3) is 0 Å². The number of methoxy groups -OCH3 is 1. The van der Waals surface area contributed by atoms with Crippen LogP contribution in [-0.2, 0) is 22.4 Å². The van der Waals surface area contributed by atoms with Gasteiger partial charge in [-0.1, -0.05) is 24.3 Å². The van der Waals surface area contributed by atoms with Crippen LogP contribution in [-0.4, -0.2) is 31.8 Å². The highest BCUT2D eigenvalue weighted by atomic mass is 16.6. The molecule has 6 nitrogen and oxygen atoms in total. The summed E-state index contributed by atoms with van der Waals surface area (Å²) in [5, 5.41) is 5.85. The largest absolute Gasteiger partial charge is 0.482 e. The van der Waals surface area contributed by atoms with Crippen LogP contribution in [0.4, 0.5) is 10.5 Å². The fourth-order valence-electron chi connectivity index (χ4n) is 3.01. The molecule has 6 heteroatoms. The lowest BCUT2D eigenvalue weighted by atomic mass is 9.88. The van der Waals surface area contributed by atoms with E-state index in [0.29, 0.717) is 11.4 Å². The molecule has 0 unspecified atom stereocenters. The first kappa shape index (κ1) is 17.8. The maximum Gasteiger partial charge on any atom is 0.343 e. The van der Waals surface area contributed by atoms with Gasteiger partial charge >= 0.3 is 12.0 Å². The number of benzene rings is 2. The fourth-order valence-corrected chi connectivity index (χ4v) is 3.01. The molecule has 26 heavy (non-hydrogen) atoms. The third-order valence-corrected chi connectivity index (χ3v) is 4.38. The van der Waals surface area contributed by atoms with Gasteiger partial charge in [-0.3, -0.25) is 0 Å². The summed E-state index contributed by atoms with van der Waals surface area (Å²) < 4.78 is 9.78. The maximum absolute atomic E-state index is 12.2. The Morgan fingerprint density at radius 2 is 1.81 bits per heavy atom. The van der Waals surface area contributed by atoms with Crippen LogP contribution >= 0.6 is 0 Å². The van der Waals surface area contributed by atoms with E-state index in [-0.39, 0.29) is 18.7 Å². The van der Waals surface area contributed by atoms with Crippen molar-refractivity contribution in [3.8, 4) is 5.75 Å². The molecule has 2 aromatic rings. The molecule has 0 saturated carbocycles. The zero-order chi connectivity index (χ0) is 18.4. The molecule has 0 heterocycles. The van der Waals surface area contributed by atoms with Crippen LogP contribution in [0.3, 0.4) is 0 Å². The van der Waals surface area contributed by atoms with E-state index >= 15 is 0 Å². The van der Waals surface area contributed by atoms with E-state index in [1.54, 1.807) is 24.3 Å². The van der Waals surface area contributed by atoms with E-state index in [9.17, 15) is 9.59 Å². The topological polar surface area (TPSA) is 76.7 Å². The van der Waals surface area contributed by atoms with Crippen molar-refractivity contribution < 1.29 is 19.1 Å². The van der Waals surface area contributed by atoms with E-state index in [1.165, 1.54) is 18.2 Å². The summed E-state index contributed by atoms with van der Waals surface area (Å²) in [5.41, 5.74) is 3.33. The number of aryl methyl sites for hydroxylation is 1. The normalized spacial score (nSPS) is 15.5. The lowest BCUT2D eigenvalue weighted by molar-refractivity contribution is -0.142. The zero-order valence-corrected chi connectivity index (χ0v) is 14.7. The predicted molar refractivity (Wildman–Crippen MR) is 98.4 cm³/mol. The molecule has 2 N–H and O–H groups in total. The molecule has 0 fully saturated rings. The molecule has 1 atom stereocenters. The van der Waals surface area contributed by atoms with Gasteiger partial charge in [0.2, 0.25) is 0 Å². The first-order chi connectivity index (χ1) is 12.6. The molecule has 136 valence electrons. The molecule has 1 aliphatic carbocycles. The minimum atomic E-state index is -0.444. The van der Waals surface area contributed by atoms with Gasteiger partial charge in [0.1, 0.15) is 5.75 Å². The molecule has 0 aromatic heterocycles. The first-order valence-corrected chi connectivity index (χ1v) is 8.58. The van der Waals surface area contributed by atoms with Crippen LogP contribution in [0.5, 0.6) is 5.75 Å². The number of rotatable bonds is 5. The third-order valence-electron chi connectivity index (χ3n) is 4.38. The van der Waals surface area contributed by atoms with Crippen molar-refractivity contribution in [1.82, 2.24) is 5.32 Å². The van der Waals surface area contributed by atoms with Crippen molar-refractivity contribution in [2.75, 3.05) is 19.0 Å². The average molecular weight is 354 g/mol. The van der Waals surface area contributed by atoms with Crippen molar-refractivity contribution in [3.63, 3.8) is 0 Å². The van der Waals surface area contributed by atoms with E-state index in [1.807, 2.05) is 6.07 Å². The van der Waals surface area contributed by atoms with Crippen molar-refractivity contribution in [2.45, 2.75) is 25.3 Å². The quantitative estimate of drug-likeness (QED) is 0.810. The summed E-state index contributed by atoms with van der Waals surface area (Å²) in [6.07, 6.45) is 2.77. The zero-order valence-electron chi connectivity index (χ0n) is 14.7. The number of esters is 1. The Morgan fingerprint density at radius 3 is 2.54 bits per heavy atom. The van der Waals surface area contributed by atoms with Gasteiger partial charge in [-0.15, -0.1) is 0 Å². The molecule has 0 saturated heterocycles. The van der Waals surface area contributed by atoms with Crippen molar-refractivity contribution >= 4 is 17.7 Å². The molecule has 3 rings (SSSR count). The second kappa shape index (κ2) is 8.38. The van der Waals surface area contributed by atoms with Crippen LogP contribution in [0.15, 0.2) is 48.5 Å². The lowest BCUT2D eigenvalue weighted by Crippen LogP contribution is -2.41. The minimum absolute atomic E-state index is 0.132. The van der Waals surface area contributed by atoms with Gasteiger partial charge in [0.25, 0.3) is 0 Å². The monoisotopic (exact) mass is 354 g/mol. The van der Waals surface area contributed by atoms with Crippen LogP contribution < -0.4 is 15.4 Å². The van der Waals surface area contributed by atoms with Gasteiger partial charge in [0.15, 0.2) is 6.61 Å². The SMILES string of the molecule is COC(=O)COc1ccc(NC(=O)N[C@H]2CCc3ccccc3C2)cc1. The Morgan fingerprint density at radius 1 is 1.08 bits per heavy atom. The molecule has 0 aliphatic heterocycles. The smallest absolute Gasteiger partial charge is 0.343 e. The number of carbonyl (C=O) groups is 2. The van der Waals surface area contributed by atoms with Gasteiger partial charge in [0.05, 0.1) is 7.11 Å². The highest BCUT2D eigenvalue weighted by Crippen LogP contribution is 2.21. The van der Waals surface area contributed by atoms with Gasteiger partial charge in [-0.2, -0.15) is 0 Å². The van der Waals surface area contributed by atoms with Gasteiger partial charge in [-0.05, 0) is 54.7 Å². The van der Waals surface area contributed by atoms with E-state index in [0.717, 1.165) is 19.3 Å². The van der Waals surface area contributed by atoms with Gasteiger partial charge in [0, 0.05) is 11.7 Å². The van der Waals surface area contributed by atoms with Crippen LogP contribution in [0.1, 0.15) is 17.5 Å². The van der Waals surface area contributed by atoms with Gasteiger partial charge < -0.3 is 20.1 Å². The predicted octanol–water partition coefficient (Wildman–Crippen LogP) is 2.92. The summed E-state index contributed by atoms with van der Waals surface area (Å²) in [4.78, 5) is 23.3. The highest BCUT2D eigenvalue weighted by molar-refractivity contribution is 5.89. The average Bonchev–Trinajstić information content (AvgIpc) is 2.67. The van der Waals surface area contributed by atoms with Crippen molar-refractivity contribution in [3.05, 3.63) is 59.7 Å². The molecule has 1 aliphatic rings. The second-order valence-electron chi connectivity index (χ2n) is 6.20. The number of fused-ring (bicyclic) bond motifs is 1. The summed E-state index contributed by atoms with van der Waals surface area (Å²) in [6, 6.07) is 15.1. The number of hydrogen-bond acceptors (Lipinski definition) is 4. The fraction of sp³-hybridized carbons (Fsp3) is 0.300. The van der Waals surface area contributed by atoms with Crippen LogP contribution in [0.2, 0.25) is 0 Å². The lowest BCUT2D eigenvalue weighted by Gasteiger charge is -2.25. The van der Waals surface area contributed by atoms with E-state index in [2.05, 4.69) is 33.6 Å². The van der Waals surface area contributed by atoms with Crippen molar-refractivity contribution in [2.24, 2.45) is 0 Å². The molecular weight excluding hydrogens is 332 g/mol. The number of nitrogens with one attached hydrogen (secondary N) is 2. The Balaban J connectivity index is 1.48. The summed E-state index contributed by atoms with van der Waals surface area (Å²) in [7, 11) is 1.31. The van der Waals surface area contributed by atoms with E-state index in [4.69, 9.17) is 4.74 Å². The molecule has 0 spiro atoms. The molecular formula is C20H22N2O4. The summed E-state index contributed by atoms with van der Waals surface area (Å²) >= 11 is 0. The number of ether oxygens (including phenoxy) is 2. The number of hydrogen-bond donors (Lipinski definition) is 2. The van der Waals surface area contributed by atoms with Crippen LogP contribution in [0, 0.1) is 0 Å². The van der Waals surface area contributed by atoms with E-state index < -0.39 is 5.97 Å². The number of urea groups is 1. The molecule has 0 bridgehead atoms. The minimum Gasteiger partial charge on any atom is -0.482 e. The second-order valence-corrected chi connectivity index (χ2v) is 6.20. The molecule has 0 radical (unpaired) electrons. The number of carbonyl (C=O) groups excluding carboxylic acids is 2. The summed E-state index contributed by atoms with van der Waals surface area (Å²) in [6.45, 7) is -0.146. The first-order valence-electron chi connectivity index (χ1n) is 8.58. The van der Waals surface area contributed by atoms with Gasteiger partial charge in [-0.25, -0.2) is 9.59 Å². The number of amides is 2. The maximum atomic E-state index is 12.2. The summed E-state index contributed by atoms with van der Waals surface area (Å²) in [5.74, 6) is 0.0888. The highest BCUT2D eigenvalue weighted by Gasteiger charge is 2.19. The Hall–Kier alpha value is -3.02.